The monoisotopic (exact) mass is 209 g/mol. The number of halogens is 1. The van der Waals surface area contributed by atoms with Gasteiger partial charge in [0.05, 0.1) is 7.11 Å². The first-order chi connectivity index (χ1) is 7.22. The van der Waals surface area contributed by atoms with Gasteiger partial charge in [-0.2, -0.15) is 0 Å². The molecule has 0 aliphatic carbocycles. The maximum absolute atomic E-state index is 13.9. The standard InChI is InChI=1S/C12H16FNO/c1-8-6-9(15-2)7-10(12(8)13)11-4-3-5-14-11/h6-7,11,14H,3-5H2,1-2H3. The largest absolute Gasteiger partial charge is 0.497 e. The Morgan fingerprint density at radius 2 is 2.27 bits per heavy atom. The van der Waals surface area contributed by atoms with Crippen molar-refractivity contribution in [1.82, 2.24) is 5.32 Å². The summed E-state index contributed by atoms with van der Waals surface area (Å²) >= 11 is 0. The molecule has 2 nitrogen and oxygen atoms in total. The van der Waals surface area contributed by atoms with E-state index in [0.717, 1.165) is 30.7 Å². The number of hydrogen-bond acceptors (Lipinski definition) is 2. The lowest BCUT2D eigenvalue weighted by Gasteiger charge is -2.14. The molecule has 1 saturated heterocycles. The second kappa shape index (κ2) is 4.19. The first-order valence-electron chi connectivity index (χ1n) is 5.30. The van der Waals surface area contributed by atoms with Crippen LogP contribution in [0.2, 0.25) is 0 Å². The molecule has 1 N–H and O–H groups in total. The highest BCUT2D eigenvalue weighted by Gasteiger charge is 2.21. The van der Waals surface area contributed by atoms with Gasteiger partial charge in [0, 0.05) is 11.6 Å². The van der Waals surface area contributed by atoms with Crippen molar-refractivity contribution in [3.05, 3.63) is 29.1 Å². The summed E-state index contributed by atoms with van der Waals surface area (Å²) in [5.74, 6) is 0.632. The number of aryl methyl sites for hydroxylation is 1. The molecule has 1 atom stereocenters. The fraction of sp³-hybridized carbons (Fsp3) is 0.500. The Bertz CT molecular complexity index is 359. The molecule has 0 amide bonds. The average molecular weight is 209 g/mol. The van der Waals surface area contributed by atoms with Crippen LogP contribution in [-0.4, -0.2) is 13.7 Å². The summed E-state index contributed by atoms with van der Waals surface area (Å²) in [7, 11) is 1.61. The Hall–Kier alpha value is -1.09. The SMILES string of the molecule is COc1cc(C)c(F)c(C2CCCN2)c1. The van der Waals surface area contributed by atoms with Crippen LogP contribution in [-0.2, 0) is 0 Å². The van der Waals surface area contributed by atoms with Crippen LogP contribution >= 0.6 is 0 Å². The Morgan fingerprint density at radius 3 is 2.87 bits per heavy atom. The van der Waals surface area contributed by atoms with E-state index in [2.05, 4.69) is 5.32 Å². The van der Waals surface area contributed by atoms with Crippen molar-refractivity contribution in [3.8, 4) is 5.75 Å². The highest BCUT2D eigenvalue weighted by molar-refractivity contribution is 5.37. The van der Waals surface area contributed by atoms with E-state index in [1.807, 2.05) is 0 Å². The fourth-order valence-corrected chi connectivity index (χ4v) is 2.08. The maximum Gasteiger partial charge on any atom is 0.131 e. The normalized spacial score (nSPS) is 20.6. The molecule has 82 valence electrons. The topological polar surface area (TPSA) is 21.3 Å². The van der Waals surface area contributed by atoms with Crippen LogP contribution < -0.4 is 10.1 Å². The quantitative estimate of drug-likeness (QED) is 0.808. The highest BCUT2D eigenvalue weighted by Crippen LogP contribution is 2.30. The van der Waals surface area contributed by atoms with Crippen molar-refractivity contribution in [2.75, 3.05) is 13.7 Å². The van der Waals surface area contributed by atoms with Gasteiger partial charge in [0.25, 0.3) is 0 Å². The summed E-state index contributed by atoms with van der Waals surface area (Å²) in [5.41, 5.74) is 1.39. The van der Waals surface area contributed by atoms with E-state index in [4.69, 9.17) is 4.74 Å². The van der Waals surface area contributed by atoms with E-state index in [1.165, 1.54) is 0 Å². The van der Waals surface area contributed by atoms with Crippen molar-refractivity contribution in [3.63, 3.8) is 0 Å². The van der Waals surface area contributed by atoms with Crippen LogP contribution in [0.4, 0.5) is 4.39 Å². The van der Waals surface area contributed by atoms with Crippen LogP contribution in [0.15, 0.2) is 12.1 Å². The second-order valence-corrected chi connectivity index (χ2v) is 4.00. The molecule has 2 rings (SSSR count). The van der Waals surface area contributed by atoms with Gasteiger partial charge in [0.15, 0.2) is 0 Å². The lowest BCUT2D eigenvalue weighted by molar-refractivity contribution is 0.410. The van der Waals surface area contributed by atoms with Crippen molar-refractivity contribution >= 4 is 0 Å². The predicted molar refractivity (Wildman–Crippen MR) is 57.7 cm³/mol. The van der Waals surface area contributed by atoms with Crippen molar-refractivity contribution in [1.29, 1.82) is 0 Å². The molecule has 1 unspecified atom stereocenters. The van der Waals surface area contributed by atoms with E-state index in [9.17, 15) is 4.39 Å². The van der Waals surface area contributed by atoms with Crippen LogP contribution in [0.1, 0.15) is 30.0 Å². The number of benzene rings is 1. The molecule has 0 bridgehead atoms. The molecule has 0 spiro atoms. The average Bonchev–Trinajstić information content (AvgIpc) is 2.75. The first-order valence-corrected chi connectivity index (χ1v) is 5.30. The zero-order valence-corrected chi connectivity index (χ0v) is 9.14. The smallest absolute Gasteiger partial charge is 0.131 e. The third-order valence-electron chi connectivity index (χ3n) is 2.93. The fourth-order valence-electron chi connectivity index (χ4n) is 2.08. The summed E-state index contributed by atoms with van der Waals surface area (Å²) in [6.45, 7) is 2.75. The molecule has 1 aromatic rings. The number of methoxy groups -OCH3 is 1. The van der Waals surface area contributed by atoms with Gasteiger partial charge < -0.3 is 10.1 Å². The zero-order valence-electron chi connectivity index (χ0n) is 9.14. The lowest BCUT2D eigenvalue weighted by Crippen LogP contribution is -2.15. The molecule has 1 aromatic carbocycles. The third-order valence-corrected chi connectivity index (χ3v) is 2.93. The third kappa shape index (κ3) is 1.97. The minimum atomic E-state index is -0.102. The van der Waals surface area contributed by atoms with Gasteiger partial charge in [0.1, 0.15) is 11.6 Å². The van der Waals surface area contributed by atoms with E-state index in [0.29, 0.717) is 5.56 Å². The van der Waals surface area contributed by atoms with Crippen molar-refractivity contribution < 1.29 is 9.13 Å². The number of ether oxygens (including phenoxy) is 1. The molecular formula is C12H16FNO. The Labute approximate surface area is 89.4 Å². The van der Waals surface area contributed by atoms with Gasteiger partial charge >= 0.3 is 0 Å². The Morgan fingerprint density at radius 1 is 1.47 bits per heavy atom. The van der Waals surface area contributed by atoms with Crippen molar-refractivity contribution in [2.45, 2.75) is 25.8 Å². The Balaban J connectivity index is 2.39. The molecule has 1 aliphatic rings. The number of hydrogen-bond donors (Lipinski definition) is 1. The number of nitrogens with one attached hydrogen (secondary N) is 1. The zero-order chi connectivity index (χ0) is 10.8. The van der Waals surface area contributed by atoms with E-state index in [-0.39, 0.29) is 11.9 Å². The summed E-state index contributed by atoms with van der Waals surface area (Å²) in [5, 5.41) is 3.30. The molecule has 1 aliphatic heterocycles. The highest BCUT2D eigenvalue weighted by atomic mass is 19.1. The summed E-state index contributed by atoms with van der Waals surface area (Å²) in [4.78, 5) is 0. The van der Waals surface area contributed by atoms with Gasteiger partial charge in [-0.1, -0.05) is 0 Å². The van der Waals surface area contributed by atoms with Gasteiger partial charge in [-0.05, 0) is 44.0 Å². The maximum atomic E-state index is 13.9. The molecule has 0 saturated carbocycles. The Kier molecular flexibility index (Phi) is 2.91. The molecule has 1 heterocycles. The summed E-state index contributed by atoms with van der Waals surface area (Å²) < 4.78 is 19.0. The van der Waals surface area contributed by atoms with Gasteiger partial charge in [-0.15, -0.1) is 0 Å². The lowest BCUT2D eigenvalue weighted by atomic mass is 10.0. The molecule has 15 heavy (non-hydrogen) atoms. The molecule has 3 heteroatoms. The van der Waals surface area contributed by atoms with Crippen LogP contribution in [0.25, 0.3) is 0 Å². The molecule has 0 radical (unpaired) electrons. The van der Waals surface area contributed by atoms with Crippen LogP contribution in [0.5, 0.6) is 5.75 Å². The van der Waals surface area contributed by atoms with E-state index >= 15 is 0 Å². The molecule has 0 aromatic heterocycles. The van der Waals surface area contributed by atoms with Gasteiger partial charge in [-0.25, -0.2) is 4.39 Å². The first kappa shape index (κ1) is 10.4. The van der Waals surface area contributed by atoms with Gasteiger partial charge in [-0.3, -0.25) is 0 Å². The van der Waals surface area contributed by atoms with Gasteiger partial charge in [0.2, 0.25) is 0 Å². The predicted octanol–water partition coefficient (Wildman–Crippen LogP) is 2.57. The van der Waals surface area contributed by atoms with Crippen LogP contribution in [0, 0.1) is 12.7 Å². The van der Waals surface area contributed by atoms with Crippen molar-refractivity contribution in [2.24, 2.45) is 0 Å². The van der Waals surface area contributed by atoms with E-state index in [1.54, 1.807) is 26.2 Å². The minimum Gasteiger partial charge on any atom is -0.497 e. The second-order valence-electron chi connectivity index (χ2n) is 4.00. The van der Waals surface area contributed by atoms with Crippen LogP contribution in [0.3, 0.4) is 0 Å². The molecule has 1 fully saturated rings. The summed E-state index contributed by atoms with van der Waals surface area (Å²) in [6.07, 6.45) is 2.11. The van der Waals surface area contributed by atoms with E-state index < -0.39 is 0 Å². The number of rotatable bonds is 2. The minimum absolute atomic E-state index is 0.102. The summed E-state index contributed by atoms with van der Waals surface area (Å²) in [6, 6.07) is 3.68. The molecular weight excluding hydrogens is 193 g/mol.